The van der Waals surface area contributed by atoms with Crippen molar-refractivity contribution >= 4 is 0 Å². The molecule has 1 heterocycles. The van der Waals surface area contributed by atoms with Crippen molar-refractivity contribution in [2.24, 2.45) is 11.8 Å². The van der Waals surface area contributed by atoms with Crippen LogP contribution in [0.3, 0.4) is 0 Å². The van der Waals surface area contributed by atoms with Gasteiger partial charge in [-0.25, -0.2) is 0 Å². The highest BCUT2D eigenvalue weighted by molar-refractivity contribution is 5.25. The molecule has 2 fully saturated rings. The molecule has 0 amide bonds. The molecule has 1 saturated carbocycles. The maximum atomic E-state index is 3.85. The monoisotopic (exact) mass is 286 g/mol. The molecule has 2 aliphatic rings. The van der Waals surface area contributed by atoms with E-state index in [9.17, 15) is 0 Å². The summed E-state index contributed by atoms with van der Waals surface area (Å²) in [5.41, 5.74) is 1.50. The first-order valence-corrected chi connectivity index (χ1v) is 8.57. The number of hydrogen-bond donors (Lipinski definition) is 1. The minimum absolute atomic E-state index is 0.0792. The quantitative estimate of drug-likeness (QED) is 0.909. The molecular weight excluding hydrogens is 256 g/mol. The molecule has 2 nitrogen and oxygen atoms in total. The molecule has 1 saturated heterocycles. The van der Waals surface area contributed by atoms with E-state index >= 15 is 0 Å². The average molecular weight is 286 g/mol. The van der Waals surface area contributed by atoms with Gasteiger partial charge in [0.2, 0.25) is 0 Å². The summed E-state index contributed by atoms with van der Waals surface area (Å²) in [5.74, 6) is 1.64. The van der Waals surface area contributed by atoms with Gasteiger partial charge >= 0.3 is 0 Å². The third-order valence-corrected chi connectivity index (χ3v) is 5.63. The van der Waals surface area contributed by atoms with Gasteiger partial charge in [0.15, 0.2) is 0 Å². The first-order chi connectivity index (χ1) is 10.0. The van der Waals surface area contributed by atoms with Crippen LogP contribution in [-0.2, 0) is 5.54 Å². The average Bonchev–Trinajstić information content (AvgIpc) is 3.31. The van der Waals surface area contributed by atoms with E-state index in [1.807, 2.05) is 0 Å². The van der Waals surface area contributed by atoms with E-state index in [4.69, 9.17) is 0 Å². The molecule has 0 bridgehead atoms. The molecule has 1 aromatic rings. The Kier molecular flexibility index (Phi) is 4.11. The molecule has 3 unspecified atom stereocenters. The number of rotatable bonds is 4. The lowest BCUT2D eigenvalue weighted by molar-refractivity contribution is 0.0230. The molecule has 2 heteroatoms. The first-order valence-electron chi connectivity index (χ1n) is 8.57. The second-order valence-electron chi connectivity index (χ2n) is 7.64. The zero-order valence-electron chi connectivity index (χ0n) is 14.0. The van der Waals surface area contributed by atoms with Crippen molar-refractivity contribution < 1.29 is 0 Å². The van der Waals surface area contributed by atoms with E-state index < -0.39 is 0 Å². The van der Waals surface area contributed by atoms with Crippen LogP contribution in [0, 0.1) is 11.8 Å². The van der Waals surface area contributed by atoms with Crippen molar-refractivity contribution in [2.75, 3.05) is 13.1 Å². The van der Waals surface area contributed by atoms with E-state index in [0.29, 0.717) is 12.0 Å². The topological polar surface area (TPSA) is 15.3 Å². The Hall–Kier alpha value is -0.860. The first kappa shape index (κ1) is 15.1. The van der Waals surface area contributed by atoms with Gasteiger partial charge in [0.25, 0.3) is 0 Å². The predicted molar refractivity (Wildman–Crippen MR) is 89.3 cm³/mol. The van der Waals surface area contributed by atoms with Crippen molar-refractivity contribution in [3.8, 4) is 0 Å². The molecule has 0 aromatic heterocycles. The molecule has 0 spiro atoms. The Morgan fingerprint density at radius 3 is 2.38 bits per heavy atom. The van der Waals surface area contributed by atoms with Gasteiger partial charge in [0, 0.05) is 25.2 Å². The number of piperazine rings is 1. The molecule has 1 aromatic carbocycles. The molecule has 1 N–H and O–H groups in total. The Morgan fingerprint density at radius 2 is 1.81 bits per heavy atom. The van der Waals surface area contributed by atoms with E-state index in [1.165, 1.54) is 18.4 Å². The van der Waals surface area contributed by atoms with Gasteiger partial charge in [0.1, 0.15) is 0 Å². The van der Waals surface area contributed by atoms with Gasteiger partial charge in [0.05, 0.1) is 5.54 Å². The smallest absolute Gasteiger partial charge is 0.0535 e. The second kappa shape index (κ2) is 5.73. The van der Waals surface area contributed by atoms with Crippen LogP contribution in [0.2, 0.25) is 0 Å². The molecule has 3 rings (SSSR count). The van der Waals surface area contributed by atoms with Gasteiger partial charge in [-0.05, 0) is 44.1 Å². The molecule has 21 heavy (non-hydrogen) atoms. The normalized spacial score (nSPS) is 32.3. The summed E-state index contributed by atoms with van der Waals surface area (Å²) in [6.45, 7) is 11.8. The van der Waals surface area contributed by atoms with Crippen molar-refractivity contribution in [1.82, 2.24) is 10.2 Å². The summed E-state index contributed by atoms with van der Waals surface area (Å²) >= 11 is 0. The standard InChI is InChI=1S/C19H30N2/c1-14(2)18-12-20-19(4,17-8-6-5-7-9-17)13-21(18)15(3)16-10-11-16/h5-9,14-16,18,20H,10-13H2,1-4H3. The van der Waals surface area contributed by atoms with Gasteiger partial charge in [-0.2, -0.15) is 0 Å². The summed E-state index contributed by atoms with van der Waals surface area (Å²) in [6, 6.07) is 12.3. The van der Waals surface area contributed by atoms with Crippen molar-refractivity contribution in [2.45, 2.75) is 58.2 Å². The fraction of sp³-hybridized carbons (Fsp3) is 0.684. The van der Waals surface area contributed by atoms with Crippen LogP contribution in [0.4, 0.5) is 0 Å². The van der Waals surface area contributed by atoms with Crippen LogP contribution < -0.4 is 5.32 Å². The molecule has 0 radical (unpaired) electrons. The van der Waals surface area contributed by atoms with Crippen LogP contribution in [0.5, 0.6) is 0 Å². The van der Waals surface area contributed by atoms with Gasteiger partial charge in [-0.1, -0.05) is 44.2 Å². The third-order valence-electron chi connectivity index (χ3n) is 5.63. The van der Waals surface area contributed by atoms with Crippen molar-refractivity contribution in [3.05, 3.63) is 35.9 Å². The van der Waals surface area contributed by atoms with Crippen LogP contribution in [0.1, 0.15) is 46.1 Å². The Morgan fingerprint density at radius 1 is 1.14 bits per heavy atom. The largest absolute Gasteiger partial charge is 0.305 e. The highest BCUT2D eigenvalue weighted by Crippen LogP contribution is 2.39. The molecule has 1 aliphatic heterocycles. The summed E-state index contributed by atoms with van der Waals surface area (Å²) in [5, 5.41) is 3.85. The van der Waals surface area contributed by atoms with Crippen molar-refractivity contribution in [3.63, 3.8) is 0 Å². The van der Waals surface area contributed by atoms with E-state index in [1.54, 1.807) is 0 Å². The lowest BCUT2D eigenvalue weighted by Gasteiger charge is -2.50. The number of hydrogen-bond acceptors (Lipinski definition) is 2. The summed E-state index contributed by atoms with van der Waals surface area (Å²) in [7, 11) is 0. The summed E-state index contributed by atoms with van der Waals surface area (Å²) in [6.07, 6.45) is 2.86. The molecular formula is C19H30N2. The van der Waals surface area contributed by atoms with E-state index in [-0.39, 0.29) is 5.54 Å². The fourth-order valence-corrected chi connectivity index (χ4v) is 3.90. The van der Waals surface area contributed by atoms with Crippen LogP contribution in [0.15, 0.2) is 30.3 Å². The Balaban J connectivity index is 1.83. The molecule has 3 atom stereocenters. The zero-order chi connectivity index (χ0) is 15.0. The van der Waals surface area contributed by atoms with Crippen LogP contribution in [0.25, 0.3) is 0 Å². The zero-order valence-corrected chi connectivity index (χ0v) is 14.0. The highest BCUT2D eigenvalue weighted by Gasteiger charge is 2.43. The molecule has 1 aliphatic carbocycles. The van der Waals surface area contributed by atoms with E-state index in [2.05, 4.69) is 68.2 Å². The number of nitrogens with zero attached hydrogens (tertiary/aromatic N) is 1. The molecule has 116 valence electrons. The minimum Gasteiger partial charge on any atom is -0.305 e. The van der Waals surface area contributed by atoms with Crippen LogP contribution in [-0.4, -0.2) is 30.1 Å². The Bertz CT molecular complexity index is 466. The maximum Gasteiger partial charge on any atom is 0.0535 e. The summed E-state index contributed by atoms with van der Waals surface area (Å²) < 4.78 is 0. The fourth-order valence-electron chi connectivity index (χ4n) is 3.90. The van der Waals surface area contributed by atoms with Gasteiger partial charge in [-0.3, -0.25) is 4.90 Å². The predicted octanol–water partition coefficient (Wildman–Crippen LogP) is 3.63. The number of benzene rings is 1. The lowest BCUT2D eigenvalue weighted by Crippen LogP contribution is -2.64. The SMILES string of the molecule is CC(C)C1CNC(C)(c2ccccc2)CN1C(C)C1CC1. The van der Waals surface area contributed by atoms with Crippen molar-refractivity contribution in [1.29, 1.82) is 0 Å². The van der Waals surface area contributed by atoms with Gasteiger partial charge in [-0.15, -0.1) is 0 Å². The van der Waals surface area contributed by atoms with E-state index in [0.717, 1.165) is 25.0 Å². The number of nitrogens with one attached hydrogen (secondary N) is 1. The maximum absolute atomic E-state index is 3.85. The van der Waals surface area contributed by atoms with Crippen LogP contribution >= 0.6 is 0 Å². The third kappa shape index (κ3) is 3.02. The highest BCUT2D eigenvalue weighted by atomic mass is 15.3. The lowest BCUT2D eigenvalue weighted by atomic mass is 9.85. The summed E-state index contributed by atoms with van der Waals surface area (Å²) in [4.78, 5) is 2.80. The Labute approximate surface area is 129 Å². The second-order valence-corrected chi connectivity index (χ2v) is 7.64. The van der Waals surface area contributed by atoms with Gasteiger partial charge < -0.3 is 5.32 Å². The minimum atomic E-state index is 0.0792.